The van der Waals surface area contributed by atoms with Crippen molar-refractivity contribution in [3.05, 3.63) is 113 Å². The molecule has 0 atom stereocenters. The summed E-state index contributed by atoms with van der Waals surface area (Å²) in [7, 11) is 0. The summed E-state index contributed by atoms with van der Waals surface area (Å²) in [5.41, 5.74) is 4.93. The number of hydrogen-bond donors (Lipinski definition) is 0. The lowest BCUT2D eigenvalue weighted by Gasteiger charge is -2.18. The Balaban J connectivity index is 1.93. The van der Waals surface area contributed by atoms with Gasteiger partial charge in [0, 0.05) is 0 Å². The smallest absolute Gasteiger partial charge is 0.0904 e. The van der Waals surface area contributed by atoms with Gasteiger partial charge in [-0.2, -0.15) is 0 Å². The molecule has 0 amide bonds. The van der Waals surface area contributed by atoms with Crippen LogP contribution in [0.2, 0.25) is 0 Å². The summed E-state index contributed by atoms with van der Waals surface area (Å²) in [5, 5.41) is 1.10. The normalized spacial score (nSPS) is 11.0. The first-order valence-electron chi connectivity index (χ1n) is 8.45. The van der Waals surface area contributed by atoms with Crippen LogP contribution in [0.4, 0.5) is 0 Å². The highest BCUT2D eigenvalue weighted by atomic mass is 32.1. The van der Waals surface area contributed by atoms with Gasteiger partial charge in [-0.1, -0.05) is 91.0 Å². The summed E-state index contributed by atoms with van der Waals surface area (Å²) in [6.45, 7) is 2.09. The maximum Gasteiger partial charge on any atom is 0.0904 e. The Morgan fingerprint density at radius 3 is 1.68 bits per heavy atom. The highest BCUT2D eigenvalue weighted by Gasteiger charge is 2.23. The summed E-state index contributed by atoms with van der Waals surface area (Å²) in [4.78, 5) is 6.22. The van der Waals surface area contributed by atoms with Crippen LogP contribution in [0.3, 0.4) is 0 Å². The van der Waals surface area contributed by atoms with Crippen LogP contribution in [0.25, 0.3) is 10.4 Å². The zero-order valence-corrected chi connectivity index (χ0v) is 14.9. The molecule has 0 unspecified atom stereocenters. The van der Waals surface area contributed by atoms with E-state index >= 15 is 0 Å². The number of benzene rings is 3. The maximum absolute atomic E-state index is 4.96. The Kier molecular flexibility index (Phi) is 4.45. The second-order valence-corrected chi connectivity index (χ2v) is 7.27. The van der Waals surface area contributed by atoms with Gasteiger partial charge in [0.15, 0.2) is 0 Å². The standard InChI is InChI=1S/C23H19NS/c1-17-24-22(23(25-17)20-15-9-4-10-16-20)21(18-11-5-2-6-12-18)19-13-7-3-8-14-19/h2-16,21H,1H3. The molecule has 122 valence electrons. The average Bonchev–Trinajstić information content (AvgIpc) is 3.06. The van der Waals surface area contributed by atoms with Gasteiger partial charge in [-0.05, 0) is 23.6 Å². The molecule has 0 saturated heterocycles. The zero-order valence-electron chi connectivity index (χ0n) is 14.1. The first kappa shape index (κ1) is 15.8. The molecule has 0 N–H and O–H groups in total. The van der Waals surface area contributed by atoms with Crippen molar-refractivity contribution in [1.82, 2.24) is 4.98 Å². The van der Waals surface area contributed by atoms with E-state index in [0.717, 1.165) is 10.7 Å². The topological polar surface area (TPSA) is 12.9 Å². The highest BCUT2D eigenvalue weighted by molar-refractivity contribution is 7.15. The Labute approximate surface area is 152 Å². The van der Waals surface area contributed by atoms with Crippen molar-refractivity contribution >= 4 is 11.3 Å². The minimum absolute atomic E-state index is 0.141. The third-order valence-corrected chi connectivity index (χ3v) is 5.37. The lowest BCUT2D eigenvalue weighted by Crippen LogP contribution is -2.05. The Morgan fingerprint density at radius 2 is 1.16 bits per heavy atom. The first-order chi connectivity index (χ1) is 12.3. The molecule has 1 nitrogen and oxygen atoms in total. The van der Waals surface area contributed by atoms with Gasteiger partial charge in [-0.3, -0.25) is 0 Å². The van der Waals surface area contributed by atoms with Crippen molar-refractivity contribution < 1.29 is 0 Å². The van der Waals surface area contributed by atoms with Gasteiger partial charge in [0.2, 0.25) is 0 Å². The summed E-state index contributed by atoms with van der Waals surface area (Å²) in [6, 6.07) is 31.9. The number of nitrogens with zero attached hydrogens (tertiary/aromatic N) is 1. The SMILES string of the molecule is Cc1nc(C(c2ccccc2)c2ccccc2)c(-c2ccccc2)s1. The van der Waals surface area contributed by atoms with Gasteiger partial charge in [0.1, 0.15) is 0 Å². The van der Waals surface area contributed by atoms with Crippen LogP contribution in [0, 0.1) is 6.92 Å². The van der Waals surface area contributed by atoms with E-state index in [1.807, 2.05) is 0 Å². The number of rotatable bonds is 4. The Morgan fingerprint density at radius 1 is 0.680 bits per heavy atom. The molecule has 1 heterocycles. The second-order valence-electron chi connectivity index (χ2n) is 6.07. The van der Waals surface area contributed by atoms with Gasteiger partial charge < -0.3 is 0 Å². The van der Waals surface area contributed by atoms with E-state index in [-0.39, 0.29) is 5.92 Å². The molecule has 3 aromatic carbocycles. The van der Waals surface area contributed by atoms with Gasteiger partial charge in [-0.15, -0.1) is 11.3 Å². The van der Waals surface area contributed by atoms with Crippen molar-refractivity contribution in [3.8, 4) is 10.4 Å². The Hall–Kier alpha value is -2.71. The predicted octanol–water partition coefficient (Wildman–Crippen LogP) is 6.30. The van der Waals surface area contributed by atoms with E-state index in [9.17, 15) is 0 Å². The minimum atomic E-state index is 0.141. The fraction of sp³-hybridized carbons (Fsp3) is 0.0870. The number of aromatic nitrogens is 1. The van der Waals surface area contributed by atoms with Crippen molar-refractivity contribution in [2.24, 2.45) is 0 Å². The number of thiazole rings is 1. The van der Waals surface area contributed by atoms with E-state index in [1.165, 1.54) is 21.6 Å². The molecule has 4 aromatic rings. The number of aryl methyl sites for hydroxylation is 1. The van der Waals surface area contributed by atoms with Gasteiger partial charge in [-0.25, -0.2) is 4.98 Å². The quantitative estimate of drug-likeness (QED) is 0.424. The van der Waals surface area contributed by atoms with Gasteiger partial charge in [0.05, 0.1) is 21.5 Å². The highest BCUT2D eigenvalue weighted by Crippen LogP contribution is 2.40. The molecule has 0 fully saturated rings. The Bertz CT molecular complexity index is 904. The molecule has 25 heavy (non-hydrogen) atoms. The third-order valence-electron chi connectivity index (χ3n) is 4.34. The van der Waals surface area contributed by atoms with E-state index in [2.05, 4.69) is 97.9 Å². The van der Waals surface area contributed by atoms with Crippen molar-refractivity contribution in [2.45, 2.75) is 12.8 Å². The summed E-state index contributed by atoms with van der Waals surface area (Å²) < 4.78 is 0. The van der Waals surface area contributed by atoms with Crippen LogP contribution in [-0.4, -0.2) is 4.98 Å². The van der Waals surface area contributed by atoms with Gasteiger partial charge in [0.25, 0.3) is 0 Å². The van der Waals surface area contributed by atoms with E-state index in [0.29, 0.717) is 0 Å². The molecule has 0 bridgehead atoms. The average molecular weight is 341 g/mol. The molecule has 0 spiro atoms. The molecular formula is C23H19NS. The zero-order chi connectivity index (χ0) is 17.1. The molecule has 0 saturated carbocycles. The minimum Gasteiger partial charge on any atom is -0.245 e. The molecule has 0 aliphatic carbocycles. The summed E-state index contributed by atoms with van der Waals surface area (Å²) in [5.74, 6) is 0.141. The van der Waals surface area contributed by atoms with Crippen LogP contribution in [0.1, 0.15) is 27.7 Å². The summed E-state index contributed by atoms with van der Waals surface area (Å²) in [6.07, 6.45) is 0. The van der Waals surface area contributed by atoms with E-state index < -0.39 is 0 Å². The fourth-order valence-corrected chi connectivity index (χ4v) is 4.20. The molecule has 2 heteroatoms. The molecule has 0 aliphatic rings. The molecule has 0 aliphatic heterocycles. The molecule has 0 radical (unpaired) electrons. The fourth-order valence-electron chi connectivity index (χ4n) is 3.23. The third kappa shape index (κ3) is 3.26. The lowest BCUT2D eigenvalue weighted by atomic mass is 9.87. The largest absolute Gasteiger partial charge is 0.245 e. The van der Waals surface area contributed by atoms with Crippen LogP contribution in [0.15, 0.2) is 91.0 Å². The second kappa shape index (κ2) is 7.04. The van der Waals surface area contributed by atoms with Crippen molar-refractivity contribution in [2.75, 3.05) is 0 Å². The van der Waals surface area contributed by atoms with Crippen LogP contribution in [-0.2, 0) is 0 Å². The van der Waals surface area contributed by atoms with Crippen LogP contribution < -0.4 is 0 Å². The molecular weight excluding hydrogens is 322 g/mol. The van der Waals surface area contributed by atoms with E-state index in [1.54, 1.807) is 11.3 Å². The molecule has 4 rings (SSSR count). The van der Waals surface area contributed by atoms with Crippen molar-refractivity contribution in [1.29, 1.82) is 0 Å². The van der Waals surface area contributed by atoms with Crippen molar-refractivity contribution in [3.63, 3.8) is 0 Å². The van der Waals surface area contributed by atoms with Crippen LogP contribution in [0.5, 0.6) is 0 Å². The monoisotopic (exact) mass is 341 g/mol. The lowest BCUT2D eigenvalue weighted by molar-refractivity contribution is 0.928. The summed E-state index contributed by atoms with van der Waals surface area (Å²) >= 11 is 1.77. The number of hydrogen-bond acceptors (Lipinski definition) is 2. The van der Waals surface area contributed by atoms with Crippen LogP contribution >= 0.6 is 11.3 Å². The van der Waals surface area contributed by atoms with E-state index in [4.69, 9.17) is 4.98 Å². The van der Waals surface area contributed by atoms with Gasteiger partial charge >= 0.3 is 0 Å². The first-order valence-corrected chi connectivity index (χ1v) is 9.27. The predicted molar refractivity (Wildman–Crippen MR) is 106 cm³/mol. The molecule has 1 aromatic heterocycles. The maximum atomic E-state index is 4.96.